The molecule has 4 heteroatoms. The van der Waals surface area contributed by atoms with Gasteiger partial charge in [0.2, 0.25) is 5.91 Å². The summed E-state index contributed by atoms with van der Waals surface area (Å²) in [7, 11) is 0. The number of carbonyl (C=O) groups excluding carboxylic acids is 1. The van der Waals surface area contributed by atoms with Crippen LogP contribution in [0, 0.1) is 0 Å². The van der Waals surface area contributed by atoms with Gasteiger partial charge < -0.3 is 10.6 Å². The molecule has 1 rings (SSSR count). The number of anilines is 1. The van der Waals surface area contributed by atoms with E-state index in [9.17, 15) is 4.79 Å². The molecule has 0 saturated heterocycles. The third-order valence-electron chi connectivity index (χ3n) is 2.51. The van der Waals surface area contributed by atoms with Crippen molar-refractivity contribution < 1.29 is 4.79 Å². The van der Waals surface area contributed by atoms with E-state index in [0.717, 1.165) is 22.9 Å². The van der Waals surface area contributed by atoms with E-state index in [1.807, 2.05) is 38.1 Å². The van der Waals surface area contributed by atoms with E-state index in [4.69, 9.17) is 0 Å². The molecule has 0 aromatic heterocycles. The monoisotopic (exact) mass is 266 g/mol. The summed E-state index contributed by atoms with van der Waals surface area (Å²) in [6.07, 6.45) is 0.499. The fraction of sp³-hybridized carbons (Fsp3) is 0.500. The summed E-state index contributed by atoms with van der Waals surface area (Å²) in [6.45, 7) is 7.06. The number of amides is 1. The first-order chi connectivity index (χ1) is 8.67. The summed E-state index contributed by atoms with van der Waals surface area (Å²) < 4.78 is 0. The summed E-state index contributed by atoms with van der Waals surface area (Å²) in [5, 5.41) is 6.22. The quantitative estimate of drug-likeness (QED) is 0.745. The fourth-order valence-corrected chi connectivity index (χ4v) is 2.51. The molecule has 0 bridgehead atoms. The maximum Gasteiger partial charge on any atom is 0.225 e. The molecule has 1 aromatic rings. The van der Waals surface area contributed by atoms with Crippen molar-refractivity contribution in [2.24, 2.45) is 0 Å². The smallest absolute Gasteiger partial charge is 0.225 e. The molecule has 0 aliphatic rings. The van der Waals surface area contributed by atoms with Crippen molar-refractivity contribution in [3.05, 3.63) is 24.3 Å². The highest BCUT2D eigenvalue weighted by molar-refractivity contribution is 7.99. The minimum atomic E-state index is 0.0626. The Morgan fingerprint density at radius 1 is 1.33 bits per heavy atom. The van der Waals surface area contributed by atoms with Crippen molar-refractivity contribution in [3.63, 3.8) is 0 Å². The molecule has 2 N–H and O–H groups in total. The van der Waals surface area contributed by atoms with Crippen LogP contribution >= 0.6 is 11.8 Å². The molecular weight excluding hydrogens is 244 g/mol. The zero-order valence-corrected chi connectivity index (χ0v) is 12.1. The zero-order valence-electron chi connectivity index (χ0n) is 11.3. The van der Waals surface area contributed by atoms with Crippen LogP contribution in [-0.4, -0.2) is 24.2 Å². The second-order valence-electron chi connectivity index (χ2n) is 4.14. The summed E-state index contributed by atoms with van der Waals surface area (Å²) in [5.74, 6) is 1.06. The fourth-order valence-electron chi connectivity index (χ4n) is 1.75. The van der Waals surface area contributed by atoms with Crippen molar-refractivity contribution in [3.8, 4) is 0 Å². The number of rotatable bonds is 7. The standard InChI is InChI=1S/C14H22N2OS/c1-4-15-11(3)10-14(17)16-12-8-6-7-9-13(12)18-5-2/h6-9,11,15H,4-5,10H2,1-3H3,(H,16,17). The molecule has 0 fully saturated rings. The van der Waals surface area contributed by atoms with Crippen LogP contribution in [0.1, 0.15) is 27.2 Å². The van der Waals surface area contributed by atoms with Gasteiger partial charge in [0.1, 0.15) is 0 Å². The van der Waals surface area contributed by atoms with Crippen molar-refractivity contribution in [1.82, 2.24) is 5.32 Å². The first-order valence-electron chi connectivity index (χ1n) is 6.42. The maximum absolute atomic E-state index is 11.9. The maximum atomic E-state index is 11.9. The predicted octanol–water partition coefficient (Wildman–Crippen LogP) is 3.13. The third-order valence-corrected chi connectivity index (χ3v) is 3.46. The van der Waals surface area contributed by atoms with Gasteiger partial charge in [0, 0.05) is 17.4 Å². The van der Waals surface area contributed by atoms with E-state index in [1.165, 1.54) is 0 Å². The molecule has 0 saturated carbocycles. The minimum Gasteiger partial charge on any atom is -0.325 e. The lowest BCUT2D eigenvalue weighted by Crippen LogP contribution is -2.30. The van der Waals surface area contributed by atoms with Crippen molar-refractivity contribution in [2.75, 3.05) is 17.6 Å². The summed E-state index contributed by atoms with van der Waals surface area (Å²) in [6, 6.07) is 8.14. The first kappa shape index (κ1) is 15.1. The van der Waals surface area contributed by atoms with Gasteiger partial charge >= 0.3 is 0 Å². The Bertz CT molecular complexity index is 382. The van der Waals surface area contributed by atoms with E-state index in [-0.39, 0.29) is 11.9 Å². The molecule has 0 radical (unpaired) electrons. The van der Waals surface area contributed by atoms with Gasteiger partial charge in [0.15, 0.2) is 0 Å². The molecule has 1 unspecified atom stereocenters. The molecule has 1 aromatic carbocycles. The van der Waals surface area contributed by atoms with Crippen molar-refractivity contribution >= 4 is 23.4 Å². The molecule has 1 amide bonds. The van der Waals surface area contributed by atoms with Gasteiger partial charge in [-0.15, -0.1) is 11.8 Å². The lowest BCUT2D eigenvalue weighted by Gasteiger charge is -2.13. The van der Waals surface area contributed by atoms with Crippen LogP contribution in [0.25, 0.3) is 0 Å². The normalized spacial score (nSPS) is 12.2. The summed E-state index contributed by atoms with van der Waals surface area (Å²) in [5.41, 5.74) is 0.915. The van der Waals surface area contributed by atoms with Crippen LogP contribution in [0.15, 0.2) is 29.2 Å². The van der Waals surface area contributed by atoms with Crippen LogP contribution in [0.4, 0.5) is 5.69 Å². The van der Waals surface area contributed by atoms with Crippen molar-refractivity contribution in [1.29, 1.82) is 0 Å². The minimum absolute atomic E-state index is 0.0626. The average molecular weight is 266 g/mol. The highest BCUT2D eigenvalue weighted by Gasteiger charge is 2.10. The highest BCUT2D eigenvalue weighted by Crippen LogP contribution is 2.26. The summed E-state index contributed by atoms with van der Waals surface area (Å²) >= 11 is 1.74. The number of nitrogens with one attached hydrogen (secondary N) is 2. The van der Waals surface area contributed by atoms with Gasteiger partial charge in [0.05, 0.1) is 5.69 Å². The molecule has 100 valence electrons. The van der Waals surface area contributed by atoms with Crippen LogP contribution in [0.2, 0.25) is 0 Å². The average Bonchev–Trinajstić information content (AvgIpc) is 2.32. The van der Waals surface area contributed by atoms with Crippen molar-refractivity contribution in [2.45, 2.75) is 38.1 Å². The molecule has 0 heterocycles. The second-order valence-corrected chi connectivity index (χ2v) is 5.45. The van der Waals surface area contributed by atoms with E-state index in [0.29, 0.717) is 6.42 Å². The van der Waals surface area contributed by atoms with E-state index < -0.39 is 0 Å². The number of hydrogen-bond acceptors (Lipinski definition) is 3. The van der Waals surface area contributed by atoms with Crippen LogP contribution in [-0.2, 0) is 4.79 Å². The lowest BCUT2D eigenvalue weighted by molar-refractivity contribution is -0.116. The van der Waals surface area contributed by atoms with Gasteiger partial charge in [-0.3, -0.25) is 4.79 Å². The molecule has 18 heavy (non-hydrogen) atoms. The molecular formula is C14H22N2OS. The highest BCUT2D eigenvalue weighted by atomic mass is 32.2. The summed E-state index contributed by atoms with van der Waals surface area (Å²) in [4.78, 5) is 13.0. The Labute approximate surface area is 114 Å². The number of para-hydroxylation sites is 1. The number of thioether (sulfide) groups is 1. The SMILES string of the molecule is CCNC(C)CC(=O)Nc1ccccc1SCC. The lowest BCUT2D eigenvalue weighted by atomic mass is 10.2. The van der Waals surface area contributed by atoms with E-state index >= 15 is 0 Å². The topological polar surface area (TPSA) is 41.1 Å². The van der Waals surface area contributed by atoms with Crippen LogP contribution in [0.3, 0.4) is 0 Å². The van der Waals surface area contributed by atoms with Crippen LogP contribution in [0.5, 0.6) is 0 Å². The first-order valence-corrected chi connectivity index (χ1v) is 7.41. The molecule has 0 spiro atoms. The van der Waals surface area contributed by atoms with Gasteiger partial charge in [-0.05, 0) is 31.4 Å². The van der Waals surface area contributed by atoms with E-state index in [1.54, 1.807) is 11.8 Å². The van der Waals surface area contributed by atoms with Gasteiger partial charge in [0.25, 0.3) is 0 Å². The number of benzene rings is 1. The Balaban J connectivity index is 2.58. The Morgan fingerprint density at radius 3 is 2.72 bits per heavy atom. The van der Waals surface area contributed by atoms with Gasteiger partial charge in [-0.2, -0.15) is 0 Å². The third kappa shape index (κ3) is 5.10. The molecule has 0 aliphatic heterocycles. The van der Waals surface area contributed by atoms with Crippen LogP contribution < -0.4 is 10.6 Å². The Kier molecular flexibility index (Phi) is 6.83. The van der Waals surface area contributed by atoms with E-state index in [2.05, 4.69) is 17.6 Å². The van der Waals surface area contributed by atoms with Gasteiger partial charge in [-0.25, -0.2) is 0 Å². The molecule has 3 nitrogen and oxygen atoms in total. The Hall–Kier alpha value is -1.00. The zero-order chi connectivity index (χ0) is 13.4. The Morgan fingerprint density at radius 2 is 2.06 bits per heavy atom. The number of carbonyl (C=O) groups is 1. The number of hydrogen-bond donors (Lipinski definition) is 2. The largest absolute Gasteiger partial charge is 0.325 e. The van der Waals surface area contributed by atoms with Gasteiger partial charge in [-0.1, -0.05) is 26.0 Å². The molecule has 0 aliphatic carbocycles. The second kappa shape index (κ2) is 8.16. The molecule has 1 atom stereocenters. The predicted molar refractivity (Wildman–Crippen MR) is 79.2 cm³/mol.